The van der Waals surface area contributed by atoms with E-state index in [1.807, 2.05) is 9.80 Å². The minimum Gasteiger partial charge on any atom is -0.353 e. The highest BCUT2D eigenvalue weighted by atomic mass is 16.2. The highest BCUT2D eigenvalue weighted by molar-refractivity contribution is 5.88. The maximum atomic E-state index is 14.3. The Morgan fingerprint density at radius 2 is 0.907 bits per heavy atom. The Hall–Kier alpha value is -2.52. The molecule has 0 saturated heterocycles. The van der Waals surface area contributed by atoms with E-state index in [1.165, 1.54) is 116 Å². The van der Waals surface area contributed by atoms with Gasteiger partial charge in [-0.15, -0.1) is 0 Å². The molecule has 0 aliphatic rings. The molecule has 440 valence electrons. The van der Waals surface area contributed by atoms with Crippen molar-refractivity contribution < 1.29 is 19.2 Å². The van der Waals surface area contributed by atoms with Crippen LogP contribution in [0.3, 0.4) is 0 Å². The topological polar surface area (TPSA) is 102 Å². The third kappa shape index (κ3) is 35.6. The lowest BCUT2D eigenvalue weighted by atomic mass is 9.77. The SMILES string of the molecule is CCCCCCCC/C=C\CCCCCCCC(=O)N(CCC)C(C(=O)NCCN(C)CCNCC(C=O)(C(CC)CCCC)N(CCC)C(=O)CCCCCCC/C=C\CCCCCCCC)C(CC)CCCC. The second kappa shape index (κ2) is 52.2. The van der Waals surface area contributed by atoms with Crippen molar-refractivity contribution in [3.8, 4) is 0 Å². The summed E-state index contributed by atoms with van der Waals surface area (Å²) in [6.45, 7) is 21.7. The van der Waals surface area contributed by atoms with Gasteiger partial charge in [-0.2, -0.15) is 0 Å². The summed E-state index contributed by atoms with van der Waals surface area (Å²) >= 11 is 0. The largest absolute Gasteiger partial charge is 0.353 e. The van der Waals surface area contributed by atoms with Crippen LogP contribution in [0.15, 0.2) is 24.3 Å². The predicted octanol–water partition coefficient (Wildman–Crippen LogP) is 16.9. The van der Waals surface area contributed by atoms with Gasteiger partial charge in [0.05, 0.1) is 0 Å². The van der Waals surface area contributed by atoms with Crippen LogP contribution < -0.4 is 10.6 Å². The molecule has 75 heavy (non-hydrogen) atoms. The Balaban J connectivity index is 5.37. The van der Waals surface area contributed by atoms with Gasteiger partial charge in [0.1, 0.15) is 17.9 Å². The maximum Gasteiger partial charge on any atom is 0.243 e. The zero-order valence-corrected chi connectivity index (χ0v) is 51.4. The maximum absolute atomic E-state index is 14.3. The van der Waals surface area contributed by atoms with E-state index < -0.39 is 11.6 Å². The van der Waals surface area contributed by atoms with Crippen molar-refractivity contribution in [2.75, 3.05) is 52.9 Å². The Kier molecular flexibility index (Phi) is 50.4. The number of unbranched alkanes of at least 4 members (excludes halogenated alkanes) is 24. The first kappa shape index (κ1) is 72.5. The number of hydrogen-bond acceptors (Lipinski definition) is 6. The fourth-order valence-electron chi connectivity index (χ4n) is 11.1. The second-order valence-corrected chi connectivity index (χ2v) is 22.7. The first-order valence-corrected chi connectivity index (χ1v) is 32.6. The van der Waals surface area contributed by atoms with E-state index in [9.17, 15) is 19.2 Å². The Morgan fingerprint density at radius 1 is 0.467 bits per heavy atom. The van der Waals surface area contributed by atoms with Gasteiger partial charge in [-0.3, -0.25) is 14.4 Å². The monoisotopic (exact) mass is 1050 g/mol. The summed E-state index contributed by atoms with van der Waals surface area (Å²) in [5, 5.41) is 6.94. The molecule has 0 radical (unpaired) electrons. The standard InChI is InChI=1S/C66H127N5O4/c1-10-18-22-24-26-28-30-32-34-36-38-40-42-44-46-50-62(73)70(54-14-5)64(60(16-7)48-20-12-3)65(75)68-53-57-69(9)56-52-67-58-66(59-72,61(17-8)49-21-13-4)71(55-15-6)63(74)51-47-45-43-41-39-37-35-33-31-29-27-25-23-19-11-2/h32-35,59-61,64,67H,10-31,36-58H2,1-9H3,(H,68,75)/b34-32-,35-33-. The van der Waals surface area contributed by atoms with Gasteiger partial charge in [0.25, 0.3) is 0 Å². The summed E-state index contributed by atoms with van der Waals surface area (Å²) < 4.78 is 0. The van der Waals surface area contributed by atoms with E-state index in [2.05, 4.69) is 102 Å². The van der Waals surface area contributed by atoms with Gasteiger partial charge >= 0.3 is 0 Å². The zero-order chi connectivity index (χ0) is 55.5. The first-order valence-electron chi connectivity index (χ1n) is 32.6. The van der Waals surface area contributed by atoms with Gasteiger partial charge in [0.15, 0.2) is 0 Å². The summed E-state index contributed by atoms with van der Waals surface area (Å²) in [6.07, 6.45) is 52.9. The fourth-order valence-corrected chi connectivity index (χ4v) is 11.1. The van der Waals surface area contributed by atoms with Crippen LogP contribution >= 0.6 is 0 Å². The van der Waals surface area contributed by atoms with Gasteiger partial charge in [0.2, 0.25) is 17.7 Å². The average molecular weight is 1050 g/mol. The molecule has 3 amide bonds. The molecule has 0 spiro atoms. The van der Waals surface area contributed by atoms with Crippen LogP contribution in [0.2, 0.25) is 0 Å². The highest BCUT2D eigenvalue weighted by Crippen LogP contribution is 2.32. The van der Waals surface area contributed by atoms with Crippen LogP contribution in [0.4, 0.5) is 0 Å². The number of nitrogens with one attached hydrogen (secondary N) is 2. The fraction of sp³-hybridized carbons (Fsp3) is 0.879. The summed E-state index contributed by atoms with van der Waals surface area (Å²) in [5.41, 5.74) is -0.889. The van der Waals surface area contributed by atoms with Crippen molar-refractivity contribution in [2.24, 2.45) is 11.8 Å². The van der Waals surface area contributed by atoms with Crippen LogP contribution in [-0.4, -0.2) is 103 Å². The molecule has 4 atom stereocenters. The molecule has 0 rings (SSSR count). The van der Waals surface area contributed by atoms with Crippen molar-refractivity contribution >= 4 is 24.0 Å². The normalized spacial score (nSPS) is 13.9. The summed E-state index contributed by atoms with van der Waals surface area (Å²) in [4.78, 5) is 62.1. The number of aldehydes is 1. The summed E-state index contributed by atoms with van der Waals surface area (Å²) in [7, 11) is 2.08. The minimum absolute atomic E-state index is 0.0215. The van der Waals surface area contributed by atoms with Crippen molar-refractivity contribution in [3.63, 3.8) is 0 Å². The number of likely N-dealkylation sites (N-methyl/N-ethyl adjacent to an activating group) is 1. The van der Waals surface area contributed by atoms with Gasteiger partial charge < -0.3 is 30.1 Å². The van der Waals surface area contributed by atoms with Crippen molar-refractivity contribution in [3.05, 3.63) is 24.3 Å². The number of carbonyl (C=O) groups is 4. The summed E-state index contributed by atoms with van der Waals surface area (Å²) in [6, 6.07) is -0.453. The molecule has 0 aromatic rings. The smallest absolute Gasteiger partial charge is 0.243 e. The van der Waals surface area contributed by atoms with Crippen LogP contribution in [0.5, 0.6) is 0 Å². The number of nitrogens with zero attached hydrogens (tertiary/aromatic N) is 3. The first-order chi connectivity index (χ1) is 36.6. The molecule has 0 aliphatic carbocycles. The van der Waals surface area contributed by atoms with Crippen LogP contribution in [0, 0.1) is 11.8 Å². The third-order valence-corrected chi connectivity index (χ3v) is 16.0. The molecule has 0 heterocycles. The molecule has 4 unspecified atom stereocenters. The van der Waals surface area contributed by atoms with E-state index in [-0.39, 0.29) is 29.6 Å². The molecule has 9 heteroatoms. The third-order valence-electron chi connectivity index (χ3n) is 16.0. The lowest BCUT2D eigenvalue weighted by Gasteiger charge is -2.46. The number of amides is 3. The molecule has 0 aliphatic heterocycles. The van der Waals surface area contributed by atoms with Crippen molar-refractivity contribution in [1.82, 2.24) is 25.3 Å². The lowest BCUT2D eigenvalue weighted by molar-refractivity contribution is -0.146. The van der Waals surface area contributed by atoms with Crippen molar-refractivity contribution in [2.45, 2.75) is 311 Å². The van der Waals surface area contributed by atoms with E-state index in [0.29, 0.717) is 52.1 Å². The number of rotatable bonds is 56. The van der Waals surface area contributed by atoms with Gasteiger partial charge in [-0.05, 0) is 109 Å². The Bertz CT molecular complexity index is 1390. The number of hydrogen-bond donors (Lipinski definition) is 2. The number of allylic oxidation sites excluding steroid dienone is 4. The molecule has 0 saturated carbocycles. The van der Waals surface area contributed by atoms with E-state index in [1.54, 1.807) is 0 Å². The van der Waals surface area contributed by atoms with E-state index >= 15 is 0 Å². The Morgan fingerprint density at radius 3 is 1.36 bits per heavy atom. The molecule has 2 N–H and O–H groups in total. The second-order valence-electron chi connectivity index (χ2n) is 22.7. The van der Waals surface area contributed by atoms with Crippen LogP contribution in [0.1, 0.15) is 299 Å². The number of carbonyl (C=O) groups excluding carboxylic acids is 4. The lowest BCUT2D eigenvalue weighted by Crippen LogP contribution is -2.63. The van der Waals surface area contributed by atoms with Crippen LogP contribution in [0.25, 0.3) is 0 Å². The highest BCUT2D eigenvalue weighted by Gasteiger charge is 2.44. The summed E-state index contributed by atoms with van der Waals surface area (Å²) in [5.74, 6) is 0.429. The predicted molar refractivity (Wildman–Crippen MR) is 325 cm³/mol. The minimum atomic E-state index is -0.889. The van der Waals surface area contributed by atoms with Gasteiger partial charge in [-0.1, -0.05) is 221 Å². The zero-order valence-electron chi connectivity index (χ0n) is 51.4. The molecular formula is C66H127N5O4. The van der Waals surface area contributed by atoms with Crippen LogP contribution in [-0.2, 0) is 19.2 Å². The quantitative estimate of drug-likeness (QED) is 0.0357. The van der Waals surface area contributed by atoms with E-state index in [4.69, 9.17) is 0 Å². The molecule has 0 aromatic heterocycles. The van der Waals surface area contributed by atoms with Gasteiger partial charge in [0, 0.05) is 58.7 Å². The van der Waals surface area contributed by atoms with Crippen molar-refractivity contribution in [1.29, 1.82) is 0 Å². The molecule has 9 nitrogen and oxygen atoms in total. The molecule has 0 fully saturated rings. The molecule has 0 aromatic carbocycles. The van der Waals surface area contributed by atoms with E-state index in [0.717, 1.165) is 128 Å². The molecule has 0 bridgehead atoms. The average Bonchev–Trinajstić information content (AvgIpc) is 3.41. The molecular weight excluding hydrogens is 927 g/mol. The van der Waals surface area contributed by atoms with Gasteiger partial charge in [-0.25, -0.2) is 0 Å². The Labute approximate surface area is 466 Å².